The van der Waals surface area contributed by atoms with Gasteiger partial charge in [0.1, 0.15) is 42.7 Å². The molecule has 1 aliphatic rings. The predicted octanol–water partition coefficient (Wildman–Crippen LogP) is -6.00. The summed E-state index contributed by atoms with van der Waals surface area (Å²) in [6, 6.07) is 0. The molecule has 1 saturated heterocycles. The second-order valence-corrected chi connectivity index (χ2v) is 5.91. The Bertz CT molecular complexity index is 510. The number of carbonyl (C=O) groups excluding carboxylic acids is 1. The third kappa shape index (κ3) is 5.80. The first kappa shape index (κ1) is 23.7. The summed E-state index contributed by atoms with van der Waals surface area (Å²) in [4.78, 5) is 11.7. The number of nitrogens with one attached hydrogen (secondary N) is 1. The maximum atomic E-state index is 11.7. The number of terminal acetylenes is 1. The number of hydrogen-bond donors (Lipinski definition) is 9. The van der Waals surface area contributed by atoms with Crippen LogP contribution in [-0.2, 0) is 14.3 Å². The highest BCUT2D eigenvalue weighted by Gasteiger charge is 2.47. The molecule has 0 aromatic carbocycles. The molecule has 9 N–H and O–H groups in total. The van der Waals surface area contributed by atoms with Crippen molar-refractivity contribution in [3.8, 4) is 12.3 Å². The van der Waals surface area contributed by atoms with Crippen LogP contribution in [0.2, 0.25) is 0 Å². The molecule has 0 bridgehead atoms. The van der Waals surface area contributed by atoms with E-state index >= 15 is 0 Å². The van der Waals surface area contributed by atoms with Gasteiger partial charge in [0.25, 0.3) is 5.91 Å². The molecule has 0 unspecified atom stereocenters. The van der Waals surface area contributed by atoms with Crippen LogP contribution in [-0.4, -0.2) is 122 Å². The number of ether oxygens (including phenoxy) is 2. The van der Waals surface area contributed by atoms with Crippen LogP contribution in [0.1, 0.15) is 0 Å². The number of amides is 1. The molecule has 12 heteroatoms. The zero-order valence-electron chi connectivity index (χ0n) is 14.2. The summed E-state index contributed by atoms with van der Waals surface area (Å²) in [5.41, 5.74) is 0. The second kappa shape index (κ2) is 10.8. The van der Waals surface area contributed by atoms with Crippen LogP contribution >= 0.6 is 0 Å². The van der Waals surface area contributed by atoms with Gasteiger partial charge in [-0.2, -0.15) is 0 Å². The van der Waals surface area contributed by atoms with Crippen molar-refractivity contribution in [2.24, 2.45) is 0 Å². The van der Waals surface area contributed by atoms with E-state index < -0.39 is 74.2 Å². The Morgan fingerprint density at radius 2 is 1.78 bits per heavy atom. The largest absolute Gasteiger partial charge is 0.394 e. The van der Waals surface area contributed by atoms with E-state index in [1.165, 1.54) is 0 Å². The minimum Gasteiger partial charge on any atom is -0.394 e. The zero-order valence-corrected chi connectivity index (χ0v) is 14.2. The Balaban J connectivity index is 2.93. The average Bonchev–Trinajstić information content (AvgIpc) is 2.68. The lowest BCUT2D eigenvalue weighted by atomic mass is 9.98. The predicted molar refractivity (Wildman–Crippen MR) is 85.6 cm³/mol. The zero-order chi connectivity index (χ0) is 20.7. The highest BCUT2D eigenvalue weighted by atomic mass is 16.7. The summed E-state index contributed by atoms with van der Waals surface area (Å²) < 4.78 is 10.2. The Labute approximate surface area is 154 Å². The highest BCUT2D eigenvalue weighted by molar-refractivity contribution is 5.81. The van der Waals surface area contributed by atoms with Crippen LogP contribution in [0.4, 0.5) is 0 Å². The SMILES string of the molecule is C#CCNC(=O)[C@H](O)[C@@H](O)[C@H](O[C@@H]1O[C@H](CO)[C@@H](O)[C@H](O)[C@H]1O)[C@H](O)CO. The second-order valence-electron chi connectivity index (χ2n) is 5.91. The monoisotopic (exact) mass is 395 g/mol. The van der Waals surface area contributed by atoms with E-state index in [2.05, 4.69) is 11.2 Å². The molecule has 0 saturated carbocycles. The summed E-state index contributed by atoms with van der Waals surface area (Å²) in [6.45, 7) is -1.96. The van der Waals surface area contributed by atoms with Gasteiger partial charge in [0.2, 0.25) is 0 Å². The van der Waals surface area contributed by atoms with Gasteiger partial charge in [0.05, 0.1) is 19.8 Å². The number of hydrogen-bond acceptors (Lipinski definition) is 11. The average molecular weight is 395 g/mol. The molecule has 1 amide bonds. The summed E-state index contributed by atoms with van der Waals surface area (Å²) in [5, 5.41) is 79.6. The first-order chi connectivity index (χ1) is 12.7. The number of aliphatic hydroxyl groups is 8. The lowest BCUT2D eigenvalue weighted by Gasteiger charge is -2.42. The fraction of sp³-hybridized carbons (Fsp3) is 0.800. The Hall–Kier alpha value is -1.37. The normalized spacial score (nSPS) is 32.8. The molecular formula is C15H25NO11. The van der Waals surface area contributed by atoms with E-state index in [1.54, 1.807) is 0 Å². The van der Waals surface area contributed by atoms with E-state index in [4.69, 9.17) is 26.1 Å². The fourth-order valence-electron chi connectivity index (χ4n) is 2.41. The van der Waals surface area contributed by atoms with Crippen LogP contribution in [0.3, 0.4) is 0 Å². The standard InChI is InChI=1S/C15H25NO11/c1-2-3-16-14(25)11(23)10(22)13(6(19)4-17)27-15-12(24)9(21)8(20)7(5-18)26-15/h1,6-13,15,17-24H,3-5H2,(H,16,25)/t6-,7-,8-,9+,10-,11-,12-,13-,15+/m1/s1. The Kier molecular flexibility index (Phi) is 9.50. The van der Waals surface area contributed by atoms with Gasteiger partial charge in [-0.1, -0.05) is 5.92 Å². The Morgan fingerprint density at radius 3 is 2.30 bits per heavy atom. The van der Waals surface area contributed by atoms with Crippen molar-refractivity contribution >= 4 is 5.91 Å². The molecule has 0 aromatic heterocycles. The molecular weight excluding hydrogens is 370 g/mol. The minimum atomic E-state index is -2.13. The van der Waals surface area contributed by atoms with Crippen molar-refractivity contribution in [3.63, 3.8) is 0 Å². The highest BCUT2D eigenvalue weighted by Crippen LogP contribution is 2.25. The van der Waals surface area contributed by atoms with E-state index in [-0.39, 0.29) is 6.54 Å². The molecule has 9 atom stereocenters. The van der Waals surface area contributed by atoms with E-state index in [0.717, 1.165) is 0 Å². The number of rotatable bonds is 9. The van der Waals surface area contributed by atoms with Crippen molar-refractivity contribution in [3.05, 3.63) is 0 Å². The third-order valence-corrected chi connectivity index (χ3v) is 4.00. The van der Waals surface area contributed by atoms with Crippen LogP contribution in [0.25, 0.3) is 0 Å². The summed E-state index contributed by atoms with van der Waals surface area (Å²) in [7, 11) is 0. The number of carbonyl (C=O) groups is 1. The van der Waals surface area contributed by atoms with Crippen molar-refractivity contribution in [2.75, 3.05) is 19.8 Å². The maximum Gasteiger partial charge on any atom is 0.252 e. The van der Waals surface area contributed by atoms with Crippen molar-refractivity contribution in [2.45, 2.75) is 55.1 Å². The van der Waals surface area contributed by atoms with Crippen LogP contribution in [0, 0.1) is 12.3 Å². The molecule has 1 heterocycles. The molecule has 12 nitrogen and oxygen atoms in total. The van der Waals surface area contributed by atoms with E-state index in [1.807, 2.05) is 0 Å². The van der Waals surface area contributed by atoms with Gasteiger partial charge in [-0.25, -0.2) is 0 Å². The van der Waals surface area contributed by atoms with Crippen LogP contribution in [0.15, 0.2) is 0 Å². The summed E-state index contributed by atoms with van der Waals surface area (Å²) in [5.74, 6) is 0.984. The van der Waals surface area contributed by atoms with Crippen molar-refractivity contribution in [1.29, 1.82) is 0 Å². The molecule has 1 rings (SSSR count). The van der Waals surface area contributed by atoms with Crippen molar-refractivity contribution < 1.29 is 55.1 Å². The van der Waals surface area contributed by atoms with Crippen molar-refractivity contribution in [1.82, 2.24) is 5.32 Å². The third-order valence-electron chi connectivity index (χ3n) is 4.00. The minimum absolute atomic E-state index is 0.247. The molecule has 0 aliphatic carbocycles. The van der Waals surface area contributed by atoms with Crippen LogP contribution in [0.5, 0.6) is 0 Å². The first-order valence-corrected chi connectivity index (χ1v) is 8.01. The van der Waals surface area contributed by atoms with Gasteiger partial charge in [-0.05, 0) is 0 Å². The van der Waals surface area contributed by atoms with E-state index in [0.29, 0.717) is 0 Å². The number of aliphatic hydroxyl groups excluding tert-OH is 8. The Morgan fingerprint density at radius 1 is 1.15 bits per heavy atom. The first-order valence-electron chi connectivity index (χ1n) is 8.01. The summed E-state index contributed by atoms with van der Waals surface area (Å²) in [6.07, 6.45) is -11.4. The van der Waals surface area contributed by atoms with E-state index in [9.17, 15) is 35.4 Å². The van der Waals surface area contributed by atoms with Gasteiger partial charge in [0.15, 0.2) is 12.4 Å². The molecule has 0 radical (unpaired) electrons. The molecule has 1 aliphatic heterocycles. The molecule has 27 heavy (non-hydrogen) atoms. The smallest absolute Gasteiger partial charge is 0.252 e. The quantitative estimate of drug-likeness (QED) is 0.168. The maximum absolute atomic E-state index is 11.7. The lowest BCUT2D eigenvalue weighted by Crippen LogP contribution is -2.62. The fourth-order valence-corrected chi connectivity index (χ4v) is 2.41. The molecule has 0 spiro atoms. The molecule has 1 fully saturated rings. The van der Waals surface area contributed by atoms with Gasteiger partial charge >= 0.3 is 0 Å². The van der Waals surface area contributed by atoms with Gasteiger partial charge in [-0.15, -0.1) is 6.42 Å². The van der Waals surface area contributed by atoms with Gasteiger partial charge in [-0.3, -0.25) is 4.79 Å². The topological polar surface area (TPSA) is 209 Å². The van der Waals surface area contributed by atoms with Gasteiger partial charge in [0, 0.05) is 0 Å². The lowest BCUT2D eigenvalue weighted by molar-refractivity contribution is -0.326. The van der Waals surface area contributed by atoms with Gasteiger partial charge < -0.3 is 55.6 Å². The molecule has 0 aromatic rings. The molecule has 156 valence electrons. The summed E-state index contributed by atoms with van der Waals surface area (Å²) >= 11 is 0. The van der Waals surface area contributed by atoms with Crippen LogP contribution < -0.4 is 5.32 Å².